The fourth-order valence-electron chi connectivity index (χ4n) is 3.72. The molecule has 1 aliphatic rings. The van der Waals surface area contributed by atoms with Gasteiger partial charge in [-0.1, -0.05) is 65.2 Å². The second-order valence-corrected chi connectivity index (χ2v) is 10.1. The molecule has 3 amide bonds. The largest absolute Gasteiger partial charge is 0.490 e. The second kappa shape index (κ2) is 12.4. The molecule has 1 fully saturated rings. The average molecular weight is 571 g/mol. The number of thioether (sulfide) groups is 1. The van der Waals surface area contributed by atoms with Crippen molar-refractivity contribution in [3.63, 3.8) is 0 Å². The number of hydrogen-bond acceptors (Lipinski definition) is 6. The van der Waals surface area contributed by atoms with Crippen molar-refractivity contribution in [3.8, 4) is 11.5 Å². The fourth-order valence-corrected chi connectivity index (χ4v) is 5.01. The molecule has 10 heteroatoms. The van der Waals surface area contributed by atoms with Crippen LogP contribution in [-0.4, -0.2) is 35.1 Å². The van der Waals surface area contributed by atoms with Crippen LogP contribution >= 0.6 is 35.0 Å². The number of para-hydroxylation sites is 1. The lowest BCUT2D eigenvalue weighted by Crippen LogP contribution is -2.36. The maximum Gasteiger partial charge on any atom is 0.294 e. The molecule has 196 valence electrons. The number of rotatable bonds is 9. The molecule has 0 aromatic heterocycles. The minimum absolute atomic E-state index is 0.160. The SMILES string of the molecule is CCOc1cc(/C=C2/SC(=O)N(CC(=O)Nc3ccccc3Cl)C2=O)cc(Cl)c1OCc1cccc(C)c1. The molecule has 1 heterocycles. The highest BCUT2D eigenvalue weighted by Crippen LogP contribution is 2.39. The van der Waals surface area contributed by atoms with Crippen LogP contribution in [0.2, 0.25) is 10.0 Å². The van der Waals surface area contributed by atoms with E-state index in [-0.39, 0.29) is 4.91 Å². The molecule has 3 aromatic rings. The lowest BCUT2D eigenvalue weighted by molar-refractivity contribution is -0.127. The molecule has 0 saturated carbocycles. The quantitative estimate of drug-likeness (QED) is 0.280. The summed E-state index contributed by atoms with van der Waals surface area (Å²) in [7, 11) is 0. The minimum Gasteiger partial charge on any atom is -0.490 e. The van der Waals surface area contributed by atoms with Crippen LogP contribution < -0.4 is 14.8 Å². The van der Waals surface area contributed by atoms with Crippen LogP contribution in [0.15, 0.2) is 65.6 Å². The number of aryl methyl sites for hydroxylation is 1. The molecule has 0 atom stereocenters. The maximum atomic E-state index is 12.9. The van der Waals surface area contributed by atoms with Crippen LogP contribution in [0.4, 0.5) is 10.5 Å². The van der Waals surface area contributed by atoms with Crippen LogP contribution in [0.3, 0.4) is 0 Å². The Labute approximate surface area is 234 Å². The summed E-state index contributed by atoms with van der Waals surface area (Å²) < 4.78 is 11.7. The Balaban J connectivity index is 1.50. The van der Waals surface area contributed by atoms with Crippen LogP contribution in [0.1, 0.15) is 23.6 Å². The number of amides is 3. The third kappa shape index (κ3) is 6.69. The molecule has 1 aliphatic heterocycles. The molecule has 0 radical (unpaired) electrons. The molecule has 0 bridgehead atoms. The van der Waals surface area contributed by atoms with Crippen molar-refractivity contribution in [3.05, 3.63) is 92.3 Å². The average Bonchev–Trinajstić information content (AvgIpc) is 3.12. The van der Waals surface area contributed by atoms with Crippen LogP contribution in [0, 0.1) is 6.92 Å². The van der Waals surface area contributed by atoms with Gasteiger partial charge in [-0.25, -0.2) is 0 Å². The first-order valence-corrected chi connectivity index (χ1v) is 13.3. The molecule has 7 nitrogen and oxygen atoms in total. The van der Waals surface area contributed by atoms with Crippen LogP contribution in [0.5, 0.6) is 11.5 Å². The van der Waals surface area contributed by atoms with Gasteiger partial charge >= 0.3 is 0 Å². The van der Waals surface area contributed by atoms with Crippen LogP contribution in [0.25, 0.3) is 6.08 Å². The van der Waals surface area contributed by atoms with E-state index in [4.69, 9.17) is 32.7 Å². The van der Waals surface area contributed by atoms with Crippen molar-refractivity contribution in [2.24, 2.45) is 0 Å². The van der Waals surface area contributed by atoms with Crippen molar-refractivity contribution in [2.75, 3.05) is 18.5 Å². The van der Waals surface area contributed by atoms with Crippen molar-refractivity contribution in [1.82, 2.24) is 4.90 Å². The van der Waals surface area contributed by atoms with Gasteiger partial charge in [0.25, 0.3) is 11.1 Å². The van der Waals surface area contributed by atoms with Crippen molar-refractivity contribution in [2.45, 2.75) is 20.5 Å². The Morgan fingerprint density at radius 1 is 1.03 bits per heavy atom. The van der Waals surface area contributed by atoms with E-state index in [1.54, 1.807) is 36.4 Å². The number of nitrogens with zero attached hydrogens (tertiary/aromatic N) is 1. The highest BCUT2D eigenvalue weighted by atomic mass is 35.5. The van der Waals surface area contributed by atoms with E-state index in [1.807, 2.05) is 38.1 Å². The highest BCUT2D eigenvalue weighted by molar-refractivity contribution is 8.18. The standard InChI is InChI=1S/C28H24Cl2N2O5S/c1-3-36-23-13-19(12-21(30)26(23)37-16-18-8-6-7-17(2)11-18)14-24-27(34)32(28(35)38-24)15-25(33)31-22-10-5-4-9-20(22)29/h4-14H,3,15-16H2,1-2H3,(H,31,33)/b24-14+. The lowest BCUT2D eigenvalue weighted by Gasteiger charge is -2.15. The summed E-state index contributed by atoms with van der Waals surface area (Å²) in [4.78, 5) is 39.0. The number of benzene rings is 3. The Hall–Kier alpha value is -3.46. The first-order chi connectivity index (χ1) is 18.2. The smallest absolute Gasteiger partial charge is 0.294 e. The van der Waals surface area contributed by atoms with Gasteiger partial charge in [0.2, 0.25) is 5.91 Å². The van der Waals surface area contributed by atoms with E-state index in [0.29, 0.717) is 46.0 Å². The van der Waals surface area contributed by atoms with Gasteiger partial charge in [0.1, 0.15) is 13.2 Å². The lowest BCUT2D eigenvalue weighted by atomic mass is 10.1. The molecule has 0 unspecified atom stereocenters. The Morgan fingerprint density at radius 2 is 1.82 bits per heavy atom. The first-order valence-electron chi connectivity index (χ1n) is 11.7. The summed E-state index contributed by atoms with van der Waals surface area (Å²) in [6.45, 7) is 4.07. The zero-order valence-electron chi connectivity index (χ0n) is 20.6. The monoisotopic (exact) mass is 570 g/mol. The number of nitrogens with one attached hydrogen (secondary N) is 1. The molecule has 38 heavy (non-hydrogen) atoms. The third-order valence-electron chi connectivity index (χ3n) is 5.42. The van der Waals surface area contributed by atoms with Crippen LogP contribution in [-0.2, 0) is 16.2 Å². The highest BCUT2D eigenvalue weighted by Gasteiger charge is 2.36. The fraction of sp³-hybridized carbons (Fsp3) is 0.179. The summed E-state index contributed by atoms with van der Waals surface area (Å²) in [5.41, 5.74) is 3.05. The number of carbonyl (C=O) groups excluding carboxylic acids is 3. The Kier molecular flexibility index (Phi) is 8.99. The predicted molar refractivity (Wildman–Crippen MR) is 151 cm³/mol. The molecule has 0 aliphatic carbocycles. The number of carbonyl (C=O) groups is 3. The van der Waals surface area contributed by atoms with Gasteiger partial charge in [0.15, 0.2) is 11.5 Å². The molecule has 4 rings (SSSR count). The molecule has 0 spiro atoms. The molecular weight excluding hydrogens is 547 g/mol. The Bertz CT molecular complexity index is 1430. The zero-order chi connectivity index (χ0) is 27.2. The summed E-state index contributed by atoms with van der Waals surface area (Å²) in [6, 6.07) is 18.0. The molecular formula is C28H24Cl2N2O5S. The van der Waals surface area contributed by atoms with Crippen molar-refractivity contribution >= 4 is 63.8 Å². The van der Waals surface area contributed by atoms with Crippen molar-refractivity contribution < 1.29 is 23.9 Å². The summed E-state index contributed by atoms with van der Waals surface area (Å²) in [5, 5.41) is 2.71. The maximum absolute atomic E-state index is 12.9. The van der Waals surface area contributed by atoms with Gasteiger partial charge < -0.3 is 14.8 Å². The third-order valence-corrected chi connectivity index (χ3v) is 6.94. The summed E-state index contributed by atoms with van der Waals surface area (Å²) in [5.74, 6) is -0.324. The summed E-state index contributed by atoms with van der Waals surface area (Å²) in [6.07, 6.45) is 1.54. The van der Waals surface area contributed by atoms with Gasteiger partial charge in [-0.2, -0.15) is 0 Å². The second-order valence-electron chi connectivity index (χ2n) is 8.34. The molecule has 1 N–H and O–H groups in total. The van der Waals surface area contributed by atoms with E-state index in [1.165, 1.54) is 6.08 Å². The van der Waals surface area contributed by atoms with Crippen molar-refractivity contribution in [1.29, 1.82) is 0 Å². The molecule has 1 saturated heterocycles. The first kappa shape index (κ1) is 27.6. The van der Waals surface area contributed by atoms with E-state index in [9.17, 15) is 14.4 Å². The van der Waals surface area contributed by atoms with Gasteiger partial charge in [-0.05, 0) is 67.1 Å². The van der Waals surface area contributed by atoms with Gasteiger partial charge in [-0.3, -0.25) is 19.3 Å². The molecule has 3 aromatic carbocycles. The minimum atomic E-state index is -0.580. The number of ether oxygens (including phenoxy) is 2. The topological polar surface area (TPSA) is 84.9 Å². The predicted octanol–water partition coefficient (Wildman–Crippen LogP) is 6.95. The summed E-state index contributed by atoms with van der Waals surface area (Å²) >= 11 is 13.3. The van der Waals surface area contributed by atoms with Gasteiger partial charge in [-0.15, -0.1) is 0 Å². The van der Waals surface area contributed by atoms with Gasteiger partial charge in [0, 0.05) is 0 Å². The van der Waals surface area contributed by atoms with E-state index in [2.05, 4.69) is 5.32 Å². The zero-order valence-corrected chi connectivity index (χ0v) is 23.0. The number of hydrogen-bond donors (Lipinski definition) is 1. The van der Waals surface area contributed by atoms with E-state index in [0.717, 1.165) is 27.8 Å². The van der Waals surface area contributed by atoms with Gasteiger partial charge in [0.05, 0.1) is 27.2 Å². The Morgan fingerprint density at radius 3 is 2.55 bits per heavy atom. The normalized spacial score (nSPS) is 14.2. The number of imide groups is 1. The number of halogens is 2. The van der Waals surface area contributed by atoms with E-state index >= 15 is 0 Å². The number of anilines is 1. The van der Waals surface area contributed by atoms with E-state index < -0.39 is 23.6 Å².